The van der Waals surface area contributed by atoms with Crippen LogP contribution >= 0.6 is 0 Å². The van der Waals surface area contributed by atoms with Crippen molar-refractivity contribution >= 4 is 5.69 Å². The molecule has 1 aromatic carbocycles. The van der Waals surface area contributed by atoms with E-state index in [2.05, 4.69) is 36.1 Å². The van der Waals surface area contributed by atoms with E-state index in [-0.39, 0.29) is 6.10 Å². The number of para-hydroxylation sites is 1. The fourth-order valence-electron chi connectivity index (χ4n) is 3.44. The highest BCUT2D eigenvalue weighted by atomic mass is 16.3. The summed E-state index contributed by atoms with van der Waals surface area (Å²) in [5.74, 6) is 0.692. The number of nitrogens with zero attached hydrogens (tertiary/aromatic N) is 1. The lowest BCUT2D eigenvalue weighted by atomic mass is 9.92. The fourth-order valence-corrected chi connectivity index (χ4v) is 3.44. The van der Waals surface area contributed by atoms with Crippen LogP contribution in [0.1, 0.15) is 31.7 Å². The van der Waals surface area contributed by atoms with Crippen LogP contribution in [0.2, 0.25) is 0 Å². The number of hydrogen-bond acceptors (Lipinski definition) is 2. The Bertz CT molecular complexity index is 404. The first kappa shape index (κ1) is 11.1. The van der Waals surface area contributed by atoms with Gasteiger partial charge in [-0.05, 0) is 43.2 Å². The summed E-state index contributed by atoms with van der Waals surface area (Å²) in [7, 11) is 0. The third-order valence-corrected chi connectivity index (χ3v) is 4.22. The summed E-state index contributed by atoms with van der Waals surface area (Å²) in [4.78, 5) is 2.46. The highest BCUT2D eigenvalue weighted by Gasteiger charge is 2.34. The molecule has 1 aliphatic heterocycles. The van der Waals surface area contributed by atoms with Gasteiger partial charge in [0.25, 0.3) is 0 Å². The van der Waals surface area contributed by atoms with Gasteiger partial charge in [-0.2, -0.15) is 0 Å². The van der Waals surface area contributed by atoms with Crippen molar-refractivity contribution in [2.24, 2.45) is 5.92 Å². The second-order valence-corrected chi connectivity index (χ2v) is 5.66. The lowest BCUT2D eigenvalue weighted by molar-refractivity contribution is 0.158. The van der Waals surface area contributed by atoms with Gasteiger partial charge in [-0.15, -0.1) is 0 Å². The maximum atomic E-state index is 10.1. The summed E-state index contributed by atoms with van der Waals surface area (Å²) in [5.41, 5.74) is 2.81. The van der Waals surface area contributed by atoms with Crippen LogP contribution in [-0.2, 0) is 6.42 Å². The number of aliphatic hydroxyl groups excluding tert-OH is 1. The van der Waals surface area contributed by atoms with Crippen molar-refractivity contribution in [1.29, 1.82) is 0 Å². The molecule has 0 bridgehead atoms. The molecule has 0 amide bonds. The molecule has 2 aliphatic rings. The molecule has 0 spiro atoms. The molecule has 2 nitrogen and oxygen atoms in total. The van der Waals surface area contributed by atoms with E-state index in [1.165, 1.54) is 24.1 Å². The lowest BCUT2D eigenvalue weighted by Gasteiger charge is -2.40. The minimum Gasteiger partial charge on any atom is -0.391 e. The molecular weight excluding hydrogens is 210 g/mol. The summed E-state index contributed by atoms with van der Waals surface area (Å²) < 4.78 is 0. The number of hydrogen-bond donors (Lipinski definition) is 1. The predicted molar refractivity (Wildman–Crippen MR) is 70.3 cm³/mol. The Morgan fingerprint density at radius 2 is 2.06 bits per heavy atom. The van der Waals surface area contributed by atoms with Crippen LogP contribution in [0.15, 0.2) is 24.3 Å². The number of benzene rings is 1. The number of fused-ring (bicyclic) bond motifs is 1. The van der Waals surface area contributed by atoms with Crippen molar-refractivity contribution in [2.75, 3.05) is 11.4 Å². The van der Waals surface area contributed by atoms with Gasteiger partial charge in [-0.3, -0.25) is 0 Å². The minimum atomic E-state index is -0.131. The van der Waals surface area contributed by atoms with Crippen LogP contribution in [0.3, 0.4) is 0 Å². The van der Waals surface area contributed by atoms with Crippen molar-refractivity contribution in [2.45, 2.75) is 44.8 Å². The van der Waals surface area contributed by atoms with Crippen LogP contribution in [0, 0.1) is 5.92 Å². The first-order chi connectivity index (χ1) is 8.25. The molecule has 2 heteroatoms. The fraction of sp³-hybridized carbons (Fsp3) is 0.600. The van der Waals surface area contributed by atoms with Crippen molar-refractivity contribution in [1.82, 2.24) is 0 Å². The molecule has 1 fully saturated rings. The van der Waals surface area contributed by atoms with Crippen LogP contribution in [-0.4, -0.2) is 23.8 Å². The van der Waals surface area contributed by atoms with Gasteiger partial charge in [0.15, 0.2) is 0 Å². The standard InChI is InChI=1S/C15H21NO/c1-11-9-12-5-2-3-6-13(12)16(10-11)14-7-4-8-15(14)17/h2-3,5-6,11,14-15,17H,4,7-10H2,1H3/t11?,14-,15-/m0/s1. The summed E-state index contributed by atoms with van der Waals surface area (Å²) >= 11 is 0. The van der Waals surface area contributed by atoms with Gasteiger partial charge in [-0.1, -0.05) is 25.1 Å². The first-order valence-electron chi connectivity index (χ1n) is 6.78. The van der Waals surface area contributed by atoms with E-state index in [9.17, 15) is 5.11 Å². The normalized spacial score (nSPS) is 32.6. The highest BCUT2D eigenvalue weighted by Crippen LogP contribution is 2.35. The van der Waals surface area contributed by atoms with E-state index in [0.29, 0.717) is 12.0 Å². The molecule has 1 aromatic rings. The molecule has 0 aromatic heterocycles. The molecule has 3 atom stereocenters. The summed E-state index contributed by atoms with van der Waals surface area (Å²) in [5, 5.41) is 10.1. The zero-order chi connectivity index (χ0) is 11.8. The predicted octanol–water partition coefficient (Wildman–Crippen LogP) is 2.60. The number of aliphatic hydroxyl groups is 1. The Morgan fingerprint density at radius 3 is 2.82 bits per heavy atom. The zero-order valence-corrected chi connectivity index (χ0v) is 10.5. The number of anilines is 1. The summed E-state index contributed by atoms with van der Waals surface area (Å²) in [6, 6.07) is 9.04. The van der Waals surface area contributed by atoms with Crippen molar-refractivity contribution in [3.63, 3.8) is 0 Å². The molecule has 0 radical (unpaired) electrons. The SMILES string of the molecule is CC1Cc2ccccc2N([C@H]2CCC[C@@H]2O)C1. The van der Waals surface area contributed by atoms with Crippen LogP contribution in [0.25, 0.3) is 0 Å². The second-order valence-electron chi connectivity index (χ2n) is 5.66. The van der Waals surface area contributed by atoms with Crippen LogP contribution in [0.4, 0.5) is 5.69 Å². The van der Waals surface area contributed by atoms with E-state index < -0.39 is 0 Å². The molecule has 3 rings (SSSR count). The third-order valence-electron chi connectivity index (χ3n) is 4.22. The molecule has 1 saturated carbocycles. The van der Waals surface area contributed by atoms with E-state index in [1.54, 1.807) is 0 Å². The average molecular weight is 231 g/mol. The Balaban J connectivity index is 1.94. The molecule has 1 heterocycles. The molecule has 1 unspecified atom stereocenters. The minimum absolute atomic E-state index is 0.131. The van der Waals surface area contributed by atoms with Gasteiger partial charge in [0.2, 0.25) is 0 Å². The third kappa shape index (κ3) is 1.95. The van der Waals surface area contributed by atoms with E-state index >= 15 is 0 Å². The Hall–Kier alpha value is -1.02. The zero-order valence-electron chi connectivity index (χ0n) is 10.5. The largest absolute Gasteiger partial charge is 0.391 e. The summed E-state index contributed by atoms with van der Waals surface area (Å²) in [6.07, 6.45) is 4.32. The highest BCUT2D eigenvalue weighted by molar-refractivity contribution is 5.56. The monoisotopic (exact) mass is 231 g/mol. The molecule has 1 aliphatic carbocycles. The van der Waals surface area contributed by atoms with Gasteiger partial charge >= 0.3 is 0 Å². The number of rotatable bonds is 1. The van der Waals surface area contributed by atoms with E-state index in [4.69, 9.17) is 0 Å². The molecule has 92 valence electrons. The van der Waals surface area contributed by atoms with E-state index in [0.717, 1.165) is 19.4 Å². The molecular formula is C15H21NO. The van der Waals surface area contributed by atoms with Gasteiger partial charge in [-0.25, -0.2) is 0 Å². The van der Waals surface area contributed by atoms with Crippen molar-refractivity contribution < 1.29 is 5.11 Å². The van der Waals surface area contributed by atoms with E-state index in [1.807, 2.05) is 0 Å². The van der Waals surface area contributed by atoms with Gasteiger partial charge in [0.1, 0.15) is 0 Å². The smallest absolute Gasteiger partial charge is 0.0743 e. The lowest BCUT2D eigenvalue weighted by Crippen LogP contribution is -2.45. The average Bonchev–Trinajstić information content (AvgIpc) is 2.74. The van der Waals surface area contributed by atoms with Gasteiger partial charge in [0.05, 0.1) is 12.1 Å². The Labute approximate surface area is 103 Å². The quantitative estimate of drug-likeness (QED) is 0.803. The Morgan fingerprint density at radius 1 is 1.24 bits per heavy atom. The molecule has 0 saturated heterocycles. The first-order valence-corrected chi connectivity index (χ1v) is 6.78. The second kappa shape index (κ2) is 4.34. The van der Waals surface area contributed by atoms with Crippen LogP contribution < -0.4 is 4.90 Å². The maximum Gasteiger partial charge on any atom is 0.0743 e. The van der Waals surface area contributed by atoms with Crippen molar-refractivity contribution in [3.8, 4) is 0 Å². The topological polar surface area (TPSA) is 23.5 Å². The maximum absolute atomic E-state index is 10.1. The van der Waals surface area contributed by atoms with Gasteiger partial charge in [0, 0.05) is 12.2 Å². The molecule has 17 heavy (non-hydrogen) atoms. The molecule has 1 N–H and O–H groups in total. The van der Waals surface area contributed by atoms with Crippen LogP contribution in [0.5, 0.6) is 0 Å². The van der Waals surface area contributed by atoms with Crippen molar-refractivity contribution in [3.05, 3.63) is 29.8 Å². The summed E-state index contributed by atoms with van der Waals surface area (Å²) in [6.45, 7) is 3.41. The van der Waals surface area contributed by atoms with Gasteiger partial charge < -0.3 is 10.0 Å². The Kier molecular flexibility index (Phi) is 2.83.